The third-order valence-electron chi connectivity index (χ3n) is 3.89. The molecule has 1 aliphatic rings. The van der Waals surface area contributed by atoms with Gasteiger partial charge in [-0.25, -0.2) is 9.97 Å². The molecule has 1 N–H and O–H groups in total. The lowest BCUT2D eigenvalue weighted by molar-refractivity contribution is 0.102. The number of halogens is 1. The standard InChI is InChI=1S/C17H19BrN4O/c1-11-5-6-13(10-14(11)18)20-16(23)15-9-12(2)19-17(21-15)22-7-3-4-8-22/h5-6,9-10H,3-4,7-8H2,1-2H3,(H,20,23). The van der Waals surface area contributed by atoms with Crippen LogP contribution < -0.4 is 10.2 Å². The van der Waals surface area contributed by atoms with Crippen molar-refractivity contribution in [3.05, 3.63) is 45.7 Å². The third-order valence-corrected chi connectivity index (χ3v) is 4.75. The average Bonchev–Trinajstić information content (AvgIpc) is 3.05. The molecule has 1 fully saturated rings. The van der Waals surface area contributed by atoms with Gasteiger partial charge in [-0.3, -0.25) is 4.79 Å². The zero-order valence-electron chi connectivity index (χ0n) is 13.3. The fourth-order valence-electron chi connectivity index (χ4n) is 2.59. The summed E-state index contributed by atoms with van der Waals surface area (Å²) in [6.45, 7) is 5.80. The number of carbonyl (C=O) groups is 1. The second-order valence-electron chi connectivity index (χ2n) is 5.81. The Balaban J connectivity index is 1.82. The van der Waals surface area contributed by atoms with Crippen molar-refractivity contribution in [3.63, 3.8) is 0 Å². The fourth-order valence-corrected chi connectivity index (χ4v) is 2.97. The number of aryl methyl sites for hydroxylation is 2. The van der Waals surface area contributed by atoms with Crippen molar-refractivity contribution in [1.82, 2.24) is 9.97 Å². The number of aromatic nitrogens is 2. The van der Waals surface area contributed by atoms with E-state index >= 15 is 0 Å². The Kier molecular flexibility index (Phi) is 4.61. The Morgan fingerprint density at radius 3 is 2.61 bits per heavy atom. The number of nitrogens with zero attached hydrogens (tertiary/aromatic N) is 3. The van der Waals surface area contributed by atoms with E-state index in [0.717, 1.165) is 47.3 Å². The highest BCUT2D eigenvalue weighted by molar-refractivity contribution is 9.10. The van der Waals surface area contributed by atoms with Crippen LogP contribution in [0.25, 0.3) is 0 Å². The summed E-state index contributed by atoms with van der Waals surface area (Å²) in [6.07, 6.45) is 2.30. The Morgan fingerprint density at radius 1 is 1.17 bits per heavy atom. The van der Waals surface area contributed by atoms with Gasteiger partial charge in [-0.2, -0.15) is 0 Å². The van der Waals surface area contributed by atoms with Crippen molar-refractivity contribution in [2.24, 2.45) is 0 Å². The van der Waals surface area contributed by atoms with Crippen LogP contribution in [0.3, 0.4) is 0 Å². The van der Waals surface area contributed by atoms with Crippen molar-refractivity contribution in [1.29, 1.82) is 0 Å². The first-order chi connectivity index (χ1) is 11.0. The molecule has 0 atom stereocenters. The van der Waals surface area contributed by atoms with E-state index in [-0.39, 0.29) is 5.91 Å². The van der Waals surface area contributed by atoms with Gasteiger partial charge in [0, 0.05) is 28.9 Å². The lowest BCUT2D eigenvalue weighted by Crippen LogP contribution is -2.23. The molecule has 1 aromatic carbocycles. The van der Waals surface area contributed by atoms with Gasteiger partial charge >= 0.3 is 0 Å². The molecule has 23 heavy (non-hydrogen) atoms. The van der Waals surface area contributed by atoms with E-state index < -0.39 is 0 Å². The number of hydrogen-bond acceptors (Lipinski definition) is 4. The lowest BCUT2D eigenvalue weighted by Gasteiger charge is -2.16. The number of anilines is 2. The smallest absolute Gasteiger partial charge is 0.274 e. The van der Waals surface area contributed by atoms with E-state index in [1.54, 1.807) is 6.07 Å². The zero-order valence-corrected chi connectivity index (χ0v) is 14.9. The van der Waals surface area contributed by atoms with Crippen molar-refractivity contribution in [3.8, 4) is 0 Å². The summed E-state index contributed by atoms with van der Waals surface area (Å²) in [4.78, 5) is 23.5. The molecule has 1 aliphatic heterocycles. The Bertz CT molecular complexity index is 741. The molecule has 0 spiro atoms. The van der Waals surface area contributed by atoms with Crippen molar-refractivity contribution >= 4 is 33.5 Å². The molecule has 120 valence electrons. The minimum Gasteiger partial charge on any atom is -0.341 e. The molecule has 2 heterocycles. The lowest BCUT2D eigenvalue weighted by atomic mass is 10.2. The van der Waals surface area contributed by atoms with Gasteiger partial charge in [0.1, 0.15) is 5.69 Å². The second-order valence-corrected chi connectivity index (χ2v) is 6.66. The monoisotopic (exact) mass is 374 g/mol. The molecule has 0 bridgehead atoms. The summed E-state index contributed by atoms with van der Waals surface area (Å²) >= 11 is 3.48. The summed E-state index contributed by atoms with van der Waals surface area (Å²) < 4.78 is 0.965. The normalized spacial score (nSPS) is 14.1. The molecule has 2 aromatic rings. The molecule has 0 saturated carbocycles. The minimum absolute atomic E-state index is 0.216. The van der Waals surface area contributed by atoms with Crippen LogP contribution in [0.4, 0.5) is 11.6 Å². The summed E-state index contributed by atoms with van der Waals surface area (Å²) in [5.41, 5.74) is 3.07. The highest BCUT2D eigenvalue weighted by Crippen LogP contribution is 2.21. The van der Waals surface area contributed by atoms with Crippen LogP contribution in [0.2, 0.25) is 0 Å². The molecule has 6 heteroatoms. The summed E-state index contributed by atoms with van der Waals surface area (Å²) in [7, 11) is 0. The van der Waals surface area contributed by atoms with Crippen LogP contribution in [-0.4, -0.2) is 29.0 Å². The number of amides is 1. The van der Waals surface area contributed by atoms with Crippen LogP contribution in [0.1, 0.15) is 34.6 Å². The first kappa shape index (κ1) is 15.9. The Hall–Kier alpha value is -1.95. The number of nitrogens with one attached hydrogen (secondary N) is 1. The minimum atomic E-state index is -0.216. The first-order valence-corrected chi connectivity index (χ1v) is 8.50. The number of hydrogen-bond donors (Lipinski definition) is 1. The summed E-state index contributed by atoms with van der Waals surface area (Å²) in [5, 5.41) is 2.89. The Labute approximate surface area is 144 Å². The van der Waals surface area contributed by atoms with Gasteiger partial charge in [-0.15, -0.1) is 0 Å². The van der Waals surface area contributed by atoms with Crippen LogP contribution in [0.15, 0.2) is 28.7 Å². The zero-order chi connectivity index (χ0) is 16.4. The number of benzene rings is 1. The SMILES string of the molecule is Cc1cc(C(=O)Nc2ccc(C)c(Br)c2)nc(N2CCCC2)n1. The van der Waals surface area contributed by atoms with Crippen molar-refractivity contribution in [2.75, 3.05) is 23.3 Å². The molecule has 1 aromatic heterocycles. The second kappa shape index (κ2) is 6.66. The number of rotatable bonds is 3. The van der Waals surface area contributed by atoms with Crippen LogP contribution >= 0.6 is 15.9 Å². The summed E-state index contributed by atoms with van der Waals surface area (Å²) in [6, 6.07) is 7.45. The first-order valence-electron chi connectivity index (χ1n) is 7.71. The maximum Gasteiger partial charge on any atom is 0.274 e. The predicted molar refractivity (Wildman–Crippen MR) is 95.0 cm³/mol. The van der Waals surface area contributed by atoms with Gasteiger partial charge in [0.2, 0.25) is 5.95 Å². The number of carbonyl (C=O) groups excluding carboxylic acids is 1. The van der Waals surface area contributed by atoms with E-state index in [1.807, 2.05) is 32.0 Å². The molecular formula is C17H19BrN4O. The molecule has 0 unspecified atom stereocenters. The van der Waals surface area contributed by atoms with E-state index in [4.69, 9.17) is 0 Å². The topological polar surface area (TPSA) is 58.1 Å². The quantitative estimate of drug-likeness (QED) is 0.889. The maximum atomic E-state index is 12.5. The molecular weight excluding hydrogens is 356 g/mol. The molecule has 3 rings (SSSR count). The van der Waals surface area contributed by atoms with E-state index in [2.05, 4.69) is 36.1 Å². The van der Waals surface area contributed by atoms with Crippen molar-refractivity contribution < 1.29 is 4.79 Å². The molecule has 0 aliphatic carbocycles. The summed E-state index contributed by atoms with van der Waals surface area (Å²) in [5.74, 6) is 0.435. The molecule has 5 nitrogen and oxygen atoms in total. The largest absolute Gasteiger partial charge is 0.341 e. The van der Waals surface area contributed by atoms with E-state index in [1.165, 1.54) is 0 Å². The fraction of sp³-hybridized carbons (Fsp3) is 0.353. The van der Waals surface area contributed by atoms with Crippen LogP contribution in [0, 0.1) is 13.8 Å². The van der Waals surface area contributed by atoms with Crippen LogP contribution in [-0.2, 0) is 0 Å². The van der Waals surface area contributed by atoms with Crippen molar-refractivity contribution in [2.45, 2.75) is 26.7 Å². The van der Waals surface area contributed by atoms with Gasteiger partial charge < -0.3 is 10.2 Å². The Morgan fingerprint density at radius 2 is 1.91 bits per heavy atom. The van der Waals surface area contributed by atoms with Crippen LogP contribution in [0.5, 0.6) is 0 Å². The molecule has 0 radical (unpaired) electrons. The van der Waals surface area contributed by atoms with E-state index in [9.17, 15) is 4.79 Å². The van der Waals surface area contributed by atoms with Gasteiger partial charge in [-0.1, -0.05) is 22.0 Å². The molecule has 1 saturated heterocycles. The third kappa shape index (κ3) is 3.69. The van der Waals surface area contributed by atoms with E-state index in [0.29, 0.717) is 11.6 Å². The van der Waals surface area contributed by atoms with Gasteiger partial charge in [-0.05, 0) is 50.5 Å². The van der Waals surface area contributed by atoms with Gasteiger partial charge in [0.25, 0.3) is 5.91 Å². The van der Waals surface area contributed by atoms with Gasteiger partial charge in [0.05, 0.1) is 0 Å². The average molecular weight is 375 g/mol. The van der Waals surface area contributed by atoms with Gasteiger partial charge in [0.15, 0.2) is 0 Å². The predicted octanol–water partition coefficient (Wildman–Crippen LogP) is 3.71. The highest BCUT2D eigenvalue weighted by atomic mass is 79.9. The molecule has 1 amide bonds. The maximum absolute atomic E-state index is 12.5. The highest BCUT2D eigenvalue weighted by Gasteiger charge is 2.18.